The van der Waals surface area contributed by atoms with Gasteiger partial charge in [-0.15, -0.1) is 0 Å². The van der Waals surface area contributed by atoms with Crippen LogP contribution in [0.4, 0.5) is 17.1 Å². The number of rotatable bonds is 8. The number of pyridine rings is 1. The molecule has 5 fully saturated rings. The van der Waals surface area contributed by atoms with Gasteiger partial charge >= 0.3 is 0 Å². The summed E-state index contributed by atoms with van der Waals surface area (Å²) >= 11 is 6.38. The molecule has 6 heterocycles. The van der Waals surface area contributed by atoms with Gasteiger partial charge in [0, 0.05) is 94.8 Å². The molecule has 1 aromatic heterocycles. The maximum absolute atomic E-state index is 13.5. The Kier molecular flexibility index (Phi) is 11.6. The quantitative estimate of drug-likeness (QED) is 0.308. The van der Waals surface area contributed by atoms with Crippen LogP contribution < -0.4 is 25.3 Å². The lowest BCUT2D eigenvalue weighted by Gasteiger charge is -2.40. The number of piperidine rings is 3. The zero-order valence-electron chi connectivity index (χ0n) is 33.2. The van der Waals surface area contributed by atoms with Crippen LogP contribution in [0.5, 0.6) is 0 Å². The Morgan fingerprint density at radius 2 is 1.59 bits per heavy atom. The van der Waals surface area contributed by atoms with Crippen LogP contribution in [0.2, 0.25) is 5.02 Å². The van der Waals surface area contributed by atoms with Crippen molar-refractivity contribution < 1.29 is 19.2 Å². The summed E-state index contributed by atoms with van der Waals surface area (Å²) in [6, 6.07) is 19.4. The lowest BCUT2D eigenvalue weighted by Crippen LogP contribution is -2.52. The number of halogens is 1. The van der Waals surface area contributed by atoms with Gasteiger partial charge in [-0.2, -0.15) is 5.26 Å². The third-order valence-electron chi connectivity index (χ3n) is 13.2. The van der Waals surface area contributed by atoms with Gasteiger partial charge in [0.05, 0.1) is 22.5 Å². The van der Waals surface area contributed by atoms with Crippen LogP contribution in [0, 0.1) is 22.7 Å². The van der Waals surface area contributed by atoms with Crippen LogP contribution in [-0.2, 0) is 9.59 Å². The topological polar surface area (TPSA) is 145 Å². The first-order valence-electron chi connectivity index (χ1n) is 20.7. The highest BCUT2D eigenvalue weighted by molar-refractivity contribution is 6.32. The molecular weight excluding hydrogens is 754 g/mol. The summed E-state index contributed by atoms with van der Waals surface area (Å²) in [5, 5.41) is 14.7. The Bertz CT molecular complexity index is 2050. The lowest BCUT2D eigenvalue weighted by atomic mass is 9.76. The van der Waals surface area contributed by atoms with E-state index >= 15 is 0 Å². The Labute approximate surface area is 345 Å². The highest BCUT2D eigenvalue weighted by Crippen LogP contribution is 2.46. The van der Waals surface area contributed by atoms with Gasteiger partial charge in [-0.1, -0.05) is 11.6 Å². The summed E-state index contributed by atoms with van der Waals surface area (Å²) in [5.41, 5.74) is 5.00. The Balaban J connectivity index is 0.749. The first-order chi connectivity index (χ1) is 28.1. The maximum atomic E-state index is 13.5. The highest BCUT2D eigenvalue weighted by Gasteiger charge is 2.44. The van der Waals surface area contributed by atoms with Gasteiger partial charge in [0.2, 0.25) is 11.8 Å². The number of carbonyl (C=O) groups excluding carboxylic acids is 4. The second-order valence-corrected chi connectivity index (χ2v) is 17.3. The third kappa shape index (κ3) is 8.64. The van der Waals surface area contributed by atoms with Gasteiger partial charge in [-0.25, -0.2) is 4.98 Å². The standard InChI is InChI=1S/C44H52ClN9O4/c1-30-25-44(29-54(30)35-7-4-33(26-46)37(45)24-35)14-18-51(19-15-44)34-5-2-32(3-6-34)43(58)53-16-12-31(13-17-53)28-50-20-22-52(23-21-50)36-8-9-38(47-27-36)41(56)48-39-10-11-40(55)49-42(39)57/h2-9,24,27,30-31,39H,10-23,25,28-29H2,1H3,(H,48,56)(H,49,55,57)/t30-,39?/m0/s1. The summed E-state index contributed by atoms with van der Waals surface area (Å²) in [6.45, 7) is 11.5. The fourth-order valence-corrected chi connectivity index (χ4v) is 9.90. The van der Waals surface area contributed by atoms with Crippen molar-refractivity contribution in [3.05, 3.63) is 82.6 Å². The fourth-order valence-electron chi connectivity index (χ4n) is 9.68. The smallest absolute Gasteiger partial charge is 0.270 e. The van der Waals surface area contributed by atoms with Crippen LogP contribution in [0.1, 0.15) is 78.3 Å². The number of likely N-dealkylation sites (tertiary alicyclic amines) is 1. The molecule has 5 aliphatic rings. The van der Waals surface area contributed by atoms with E-state index in [1.807, 2.05) is 41.3 Å². The maximum Gasteiger partial charge on any atom is 0.270 e. The zero-order valence-corrected chi connectivity index (χ0v) is 33.9. The van der Waals surface area contributed by atoms with Crippen molar-refractivity contribution in [2.45, 2.75) is 64.0 Å². The van der Waals surface area contributed by atoms with Crippen LogP contribution >= 0.6 is 11.6 Å². The molecular formula is C44H52ClN9O4. The van der Waals surface area contributed by atoms with E-state index in [2.05, 4.69) is 60.3 Å². The molecule has 0 aliphatic carbocycles. The van der Waals surface area contributed by atoms with Crippen molar-refractivity contribution in [2.24, 2.45) is 11.3 Å². The Hall–Kier alpha value is -5.19. The first kappa shape index (κ1) is 39.6. The van der Waals surface area contributed by atoms with E-state index in [9.17, 15) is 24.4 Å². The predicted molar refractivity (Wildman–Crippen MR) is 223 cm³/mol. The Morgan fingerprint density at radius 3 is 2.24 bits per heavy atom. The van der Waals surface area contributed by atoms with E-state index < -0.39 is 17.9 Å². The number of imide groups is 1. The molecule has 1 spiro atoms. The molecule has 5 saturated heterocycles. The molecule has 5 aliphatic heterocycles. The molecule has 0 radical (unpaired) electrons. The van der Waals surface area contributed by atoms with Crippen LogP contribution in [-0.4, -0.2) is 116 Å². The zero-order chi connectivity index (χ0) is 40.4. The Morgan fingerprint density at radius 1 is 0.897 bits per heavy atom. The number of amides is 4. The lowest BCUT2D eigenvalue weighted by molar-refractivity contribution is -0.134. The van der Waals surface area contributed by atoms with Crippen LogP contribution in [0.25, 0.3) is 0 Å². The van der Waals surface area contributed by atoms with Crippen LogP contribution in [0.15, 0.2) is 60.8 Å². The van der Waals surface area contributed by atoms with Crippen LogP contribution in [0.3, 0.4) is 0 Å². The SMILES string of the molecule is C[C@H]1CC2(CCN(c3ccc(C(=O)N4CCC(CN5CCN(c6ccc(C(=O)NC7CCC(=O)NC7=O)nc6)CC5)CC4)cc3)CC2)CN1c1ccc(C#N)c(Cl)c1. The molecule has 3 aromatic rings. The van der Waals surface area contributed by atoms with Crippen molar-refractivity contribution >= 4 is 52.3 Å². The molecule has 8 rings (SSSR count). The van der Waals surface area contributed by atoms with Gasteiger partial charge in [-0.3, -0.25) is 29.4 Å². The van der Waals surface area contributed by atoms with E-state index in [1.165, 1.54) is 5.69 Å². The molecule has 58 heavy (non-hydrogen) atoms. The molecule has 1 unspecified atom stereocenters. The summed E-state index contributed by atoms with van der Waals surface area (Å²) in [5.74, 6) is -0.561. The number of aromatic nitrogens is 1. The second kappa shape index (κ2) is 17.0. The van der Waals surface area contributed by atoms with Gasteiger partial charge in [0.1, 0.15) is 17.8 Å². The normalized spacial score (nSPS) is 22.8. The molecule has 2 atom stereocenters. The van der Waals surface area contributed by atoms with Gasteiger partial charge in [0.25, 0.3) is 11.8 Å². The van der Waals surface area contributed by atoms with E-state index in [1.54, 1.807) is 12.3 Å². The number of benzene rings is 2. The molecule has 13 nitrogen and oxygen atoms in total. The van der Waals surface area contributed by atoms with Gasteiger partial charge in [-0.05, 0) is 111 Å². The number of carbonyl (C=O) groups is 4. The number of nitriles is 1. The van der Waals surface area contributed by atoms with E-state index in [-0.39, 0.29) is 35.8 Å². The van der Waals surface area contributed by atoms with E-state index in [4.69, 9.17) is 11.6 Å². The summed E-state index contributed by atoms with van der Waals surface area (Å²) in [4.78, 5) is 65.7. The van der Waals surface area contributed by atoms with Crippen molar-refractivity contribution in [1.29, 1.82) is 5.26 Å². The summed E-state index contributed by atoms with van der Waals surface area (Å²) < 4.78 is 0. The summed E-state index contributed by atoms with van der Waals surface area (Å²) in [7, 11) is 0. The molecule has 304 valence electrons. The number of hydrogen-bond acceptors (Lipinski definition) is 10. The van der Waals surface area contributed by atoms with Gasteiger partial charge in [0.15, 0.2) is 0 Å². The minimum Gasteiger partial charge on any atom is -0.371 e. The third-order valence-corrected chi connectivity index (χ3v) is 13.5. The number of hydrogen-bond donors (Lipinski definition) is 2. The highest BCUT2D eigenvalue weighted by atomic mass is 35.5. The monoisotopic (exact) mass is 805 g/mol. The molecule has 2 aromatic carbocycles. The number of anilines is 3. The molecule has 0 bridgehead atoms. The van der Waals surface area contributed by atoms with E-state index in [0.717, 1.165) is 114 Å². The largest absolute Gasteiger partial charge is 0.371 e. The minimum atomic E-state index is -0.732. The fraction of sp³-hybridized carbons (Fsp3) is 0.500. The number of nitrogens with zero attached hydrogens (tertiary/aromatic N) is 7. The first-order valence-corrected chi connectivity index (χ1v) is 21.1. The molecule has 4 amide bonds. The van der Waals surface area contributed by atoms with Crippen molar-refractivity contribution in [2.75, 3.05) is 80.1 Å². The van der Waals surface area contributed by atoms with Gasteiger partial charge < -0.3 is 24.9 Å². The van der Waals surface area contributed by atoms with Crippen molar-refractivity contribution in [3.8, 4) is 6.07 Å². The van der Waals surface area contributed by atoms with Crippen molar-refractivity contribution in [3.63, 3.8) is 0 Å². The van der Waals surface area contributed by atoms with Crippen molar-refractivity contribution in [1.82, 2.24) is 25.4 Å². The second-order valence-electron chi connectivity index (χ2n) is 16.9. The predicted octanol–water partition coefficient (Wildman–Crippen LogP) is 4.70. The summed E-state index contributed by atoms with van der Waals surface area (Å²) in [6.07, 6.45) is 7.58. The average molecular weight is 806 g/mol. The minimum absolute atomic E-state index is 0.118. The molecule has 14 heteroatoms. The number of nitrogens with one attached hydrogen (secondary N) is 2. The van der Waals surface area contributed by atoms with E-state index in [0.29, 0.717) is 22.5 Å². The average Bonchev–Trinajstić information content (AvgIpc) is 3.57. The number of piperazine rings is 1. The molecule has 2 N–H and O–H groups in total. The molecule has 0 saturated carbocycles.